The number of hydrogen-bond donors (Lipinski definition) is 2. The van der Waals surface area contributed by atoms with Gasteiger partial charge in [0.15, 0.2) is 0 Å². The predicted molar refractivity (Wildman–Crippen MR) is 38.5 cm³/mol. The van der Waals surface area contributed by atoms with E-state index in [1.54, 1.807) is 0 Å². The Balaban J connectivity index is 2.41. The minimum Gasteiger partial charge on any atom is -0.324 e. The highest BCUT2D eigenvalue weighted by Gasteiger charge is 2.17. The van der Waals surface area contributed by atoms with Crippen LogP contribution < -0.4 is 5.73 Å². The molecule has 1 heterocycles. The summed E-state index contributed by atoms with van der Waals surface area (Å²) in [5, 5.41) is 6.91. The van der Waals surface area contributed by atoms with Gasteiger partial charge in [-0.25, -0.2) is 0 Å². The SMILES string of the molecule is N[C@H]1CCCc2[nH]ncc21. The molecule has 3 N–H and O–H groups in total. The number of aryl methyl sites for hydroxylation is 1. The summed E-state index contributed by atoms with van der Waals surface area (Å²) < 4.78 is 0. The number of aromatic amines is 1. The summed E-state index contributed by atoms with van der Waals surface area (Å²) >= 11 is 0. The maximum atomic E-state index is 5.83. The van der Waals surface area contributed by atoms with Crippen LogP contribution in [0.15, 0.2) is 6.20 Å². The van der Waals surface area contributed by atoms with Gasteiger partial charge in [-0.2, -0.15) is 5.10 Å². The normalized spacial score (nSPS) is 24.3. The summed E-state index contributed by atoms with van der Waals surface area (Å²) in [6.45, 7) is 0. The summed E-state index contributed by atoms with van der Waals surface area (Å²) in [6.07, 6.45) is 5.26. The Morgan fingerprint density at radius 1 is 1.70 bits per heavy atom. The van der Waals surface area contributed by atoms with Crippen LogP contribution in [0.2, 0.25) is 0 Å². The van der Waals surface area contributed by atoms with E-state index in [1.165, 1.54) is 17.7 Å². The second-order valence-corrected chi connectivity index (χ2v) is 2.80. The first-order chi connectivity index (χ1) is 4.88. The maximum Gasteiger partial charge on any atom is 0.0537 e. The van der Waals surface area contributed by atoms with Gasteiger partial charge in [0.05, 0.1) is 6.20 Å². The highest BCUT2D eigenvalue weighted by molar-refractivity contribution is 5.22. The molecule has 3 nitrogen and oxygen atoms in total. The molecule has 54 valence electrons. The number of rotatable bonds is 0. The molecule has 0 aliphatic heterocycles. The second kappa shape index (κ2) is 2.09. The molecule has 1 aliphatic rings. The van der Waals surface area contributed by atoms with Gasteiger partial charge in [-0.05, 0) is 19.3 Å². The topological polar surface area (TPSA) is 54.7 Å². The lowest BCUT2D eigenvalue weighted by molar-refractivity contribution is 0.566. The highest BCUT2D eigenvalue weighted by atomic mass is 15.1. The van der Waals surface area contributed by atoms with Crippen molar-refractivity contribution in [3.05, 3.63) is 17.5 Å². The van der Waals surface area contributed by atoms with Crippen LogP contribution in [0.4, 0.5) is 0 Å². The van der Waals surface area contributed by atoms with Gasteiger partial charge in [0.2, 0.25) is 0 Å². The van der Waals surface area contributed by atoms with Crippen molar-refractivity contribution < 1.29 is 0 Å². The Hall–Kier alpha value is -0.830. The molecule has 0 saturated carbocycles. The quantitative estimate of drug-likeness (QED) is 0.554. The minimum absolute atomic E-state index is 0.225. The van der Waals surface area contributed by atoms with E-state index in [9.17, 15) is 0 Å². The van der Waals surface area contributed by atoms with Gasteiger partial charge < -0.3 is 5.73 Å². The molecule has 0 aromatic carbocycles. The van der Waals surface area contributed by atoms with Crippen LogP contribution in [0.5, 0.6) is 0 Å². The van der Waals surface area contributed by atoms with Gasteiger partial charge in [0.1, 0.15) is 0 Å². The first kappa shape index (κ1) is 5.92. The lowest BCUT2D eigenvalue weighted by Gasteiger charge is -2.16. The number of fused-ring (bicyclic) bond motifs is 1. The zero-order chi connectivity index (χ0) is 6.97. The van der Waals surface area contributed by atoms with Gasteiger partial charge in [0.25, 0.3) is 0 Å². The number of aromatic nitrogens is 2. The van der Waals surface area contributed by atoms with Crippen molar-refractivity contribution in [2.75, 3.05) is 0 Å². The van der Waals surface area contributed by atoms with Crippen molar-refractivity contribution in [1.29, 1.82) is 0 Å². The lowest BCUT2D eigenvalue weighted by atomic mass is 9.94. The summed E-state index contributed by atoms with van der Waals surface area (Å²) in [6, 6.07) is 0.225. The monoisotopic (exact) mass is 137 g/mol. The van der Waals surface area contributed by atoms with E-state index in [2.05, 4.69) is 10.2 Å². The molecular formula is C7H11N3. The molecule has 1 aromatic rings. The third-order valence-electron chi connectivity index (χ3n) is 2.09. The fourth-order valence-corrected chi connectivity index (χ4v) is 1.50. The second-order valence-electron chi connectivity index (χ2n) is 2.80. The molecule has 2 rings (SSSR count). The third-order valence-corrected chi connectivity index (χ3v) is 2.09. The maximum absolute atomic E-state index is 5.83. The molecule has 1 aromatic heterocycles. The summed E-state index contributed by atoms with van der Waals surface area (Å²) in [5.74, 6) is 0. The molecule has 1 atom stereocenters. The van der Waals surface area contributed by atoms with Crippen LogP contribution in [0, 0.1) is 0 Å². The fraction of sp³-hybridized carbons (Fsp3) is 0.571. The Kier molecular flexibility index (Phi) is 1.24. The van der Waals surface area contributed by atoms with Crippen molar-refractivity contribution in [3.63, 3.8) is 0 Å². The molecule has 0 amide bonds. The Bertz CT molecular complexity index is 229. The number of hydrogen-bond acceptors (Lipinski definition) is 2. The number of H-pyrrole nitrogens is 1. The van der Waals surface area contributed by atoms with Crippen molar-refractivity contribution >= 4 is 0 Å². The molecule has 0 radical (unpaired) electrons. The van der Waals surface area contributed by atoms with E-state index >= 15 is 0 Å². The van der Waals surface area contributed by atoms with E-state index < -0.39 is 0 Å². The molecule has 3 heteroatoms. The van der Waals surface area contributed by atoms with E-state index in [-0.39, 0.29) is 6.04 Å². The number of nitrogens with two attached hydrogens (primary N) is 1. The van der Waals surface area contributed by atoms with E-state index in [0.29, 0.717) is 0 Å². The van der Waals surface area contributed by atoms with Crippen LogP contribution in [0.25, 0.3) is 0 Å². The zero-order valence-electron chi connectivity index (χ0n) is 5.80. The van der Waals surface area contributed by atoms with Gasteiger partial charge in [-0.1, -0.05) is 0 Å². The molecule has 0 spiro atoms. The number of nitrogens with zero attached hydrogens (tertiary/aromatic N) is 1. The van der Waals surface area contributed by atoms with Crippen LogP contribution in [0.3, 0.4) is 0 Å². The molecule has 0 unspecified atom stereocenters. The smallest absolute Gasteiger partial charge is 0.0537 e. The molecule has 0 bridgehead atoms. The molecule has 0 fully saturated rings. The first-order valence-electron chi connectivity index (χ1n) is 3.65. The molecule has 10 heavy (non-hydrogen) atoms. The summed E-state index contributed by atoms with van der Waals surface area (Å²) in [5.41, 5.74) is 8.28. The van der Waals surface area contributed by atoms with Gasteiger partial charge in [-0.3, -0.25) is 5.10 Å². The van der Waals surface area contributed by atoms with Crippen LogP contribution >= 0.6 is 0 Å². The van der Waals surface area contributed by atoms with E-state index in [4.69, 9.17) is 5.73 Å². The summed E-state index contributed by atoms with van der Waals surface area (Å²) in [7, 11) is 0. The summed E-state index contributed by atoms with van der Waals surface area (Å²) in [4.78, 5) is 0. The minimum atomic E-state index is 0.225. The largest absolute Gasteiger partial charge is 0.324 e. The van der Waals surface area contributed by atoms with Gasteiger partial charge in [0, 0.05) is 17.3 Å². The van der Waals surface area contributed by atoms with Crippen molar-refractivity contribution in [2.45, 2.75) is 25.3 Å². The Morgan fingerprint density at radius 3 is 3.40 bits per heavy atom. The molecule has 0 saturated heterocycles. The van der Waals surface area contributed by atoms with Crippen molar-refractivity contribution in [3.8, 4) is 0 Å². The fourth-order valence-electron chi connectivity index (χ4n) is 1.50. The molecule has 1 aliphatic carbocycles. The third kappa shape index (κ3) is 0.743. The van der Waals surface area contributed by atoms with Gasteiger partial charge >= 0.3 is 0 Å². The molecular weight excluding hydrogens is 126 g/mol. The van der Waals surface area contributed by atoms with E-state index in [0.717, 1.165) is 12.8 Å². The lowest BCUT2D eigenvalue weighted by Crippen LogP contribution is -2.15. The van der Waals surface area contributed by atoms with Crippen molar-refractivity contribution in [2.24, 2.45) is 5.73 Å². The van der Waals surface area contributed by atoms with Crippen LogP contribution in [0.1, 0.15) is 30.1 Å². The predicted octanol–water partition coefficient (Wildman–Crippen LogP) is 0.746. The standard InChI is InChI=1S/C7H11N3/c8-6-2-1-3-7-5(6)4-9-10-7/h4,6H,1-3,8H2,(H,9,10)/t6-/m0/s1. The average molecular weight is 137 g/mol. The number of nitrogens with one attached hydrogen (secondary N) is 1. The average Bonchev–Trinajstić information content (AvgIpc) is 2.36. The van der Waals surface area contributed by atoms with Crippen molar-refractivity contribution in [1.82, 2.24) is 10.2 Å². The van der Waals surface area contributed by atoms with Crippen LogP contribution in [-0.4, -0.2) is 10.2 Å². The Morgan fingerprint density at radius 2 is 2.60 bits per heavy atom. The van der Waals surface area contributed by atoms with Gasteiger partial charge in [-0.15, -0.1) is 0 Å². The first-order valence-corrected chi connectivity index (χ1v) is 3.65. The zero-order valence-corrected chi connectivity index (χ0v) is 5.80. The Labute approximate surface area is 59.6 Å². The van der Waals surface area contributed by atoms with Crippen LogP contribution in [-0.2, 0) is 6.42 Å². The highest BCUT2D eigenvalue weighted by Crippen LogP contribution is 2.25. The van der Waals surface area contributed by atoms with E-state index in [1.807, 2.05) is 6.20 Å².